The third kappa shape index (κ3) is 3.80. The largest absolute Gasteiger partial charge is 0.494 e. The molecule has 4 rings (SSSR count). The Labute approximate surface area is 177 Å². The van der Waals surface area contributed by atoms with Gasteiger partial charge in [-0.05, 0) is 52.4 Å². The van der Waals surface area contributed by atoms with E-state index in [0.717, 1.165) is 14.5 Å². The molecule has 0 unspecified atom stereocenters. The first-order chi connectivity index (χ1) is 13.0. The normalized spacial score (nSPS) is 11.0. The number of halogens is 2. The molecule has 0 saturated carbocycles. The molecule has 0 aliphatic rings. The van der Waals surface area contributed by atoms with E-state index >= 15 is 0 Å². The van der Waals surface area contributed by atoms with Crippen molar-refractivity contribution in [2.75, 3.05) is 5.32 Å². The topological polar surface area (TPSA) is 67.2 Å². The Balaban J connectivity index is 1.68. The average molecular weight is 510 g/mol. The van der Waals surface area contributed by atoms with E-state index in [0.29, 0.717) is 26.8 Å². The second kappa shape index (κ2) is 7.49. The second-order valence-electron chi connectivity index (χ2n) is 5.92. The minimum Gasteiger partial charge on any atom is -0.494 e. The number of amides is 1. The molecule has 0 atom stereocenters. The van der Waals surface area contributed by atoms with Gasteiger partial charge in [-0.3, -0.25) is 9.78 Å². The monoisotopic (exact) mass is 509 g/mol. The molecule has 3 aromatic heterocycles. The molecule has 0 spiro atoms. The minimum atomic E-state index is -0.258. The van der Waals surface area contributed by atoms with Crippen LogP contribution in [0.3, 0.4) is 0 Å². The predicted octanol–water partition coefficient (Wildman–Crippen LogP) is 5.36. The van der Waals surface area contributed by atoms with E-state index in [1.54, 1.807) is 29.1 Å². The van der Waals surface area contributed by atoms with Gasteiger partial charge < -0.3 is 15.0 Å². The van der Waals surface area contributed by atoms with Crippen molar-refractivity contribution in [3.05, 3.63) is 73.3 Å². The van der Waals surface area contributed by atoms with Gasteiger partial charge in [0, 0.05) is 21.4 Å². The number of rotatable bonds is 4. The van der Waals surface area contributed by atoms with Crippen LogP contribution in [0.1, 0.15) is 15.2 Å². The molecule has 1 amide bonds. The second-order valence-corrected chi connectivity index (χ2v) is 8.88. The third-order valence-electron chi connectivity index (χ3n) is 4.07. The van der Waals surface area contributed by atoms with E-state index in [2.05, 4.69) is 39.0 Å². The molecule has 4 aromatic rings. The maximum absolute atomic E-state index is 12.4. The predicted molar refractivity (Wildman–Crippen MR) is 117 cm³/mol. The fraction of sp³-hybridized carbons (Fsp3) is 0.0526. The number of hydrogen-bond donors (Lipinski definition) is 2. The van der Waals surface area contributed by atoms with Crippen LogP contribution in [0.25, 0.3) is 10.8 Å². The third-order valence-corrected chi connectivity index (χ3v) is 5.97. The summed E-state index contributed by atoms with van der Waals surface area (Å²) in [6, 6.07) is 11.4. The van der Waals surface area contributed by atoms with Gasteiger partial charge in [-0.1, -0.05) is 23.7 Å². The lowest BCUT2D eigenvalue weighted by atomic mass is 10.2. The van der Waals surface area contributed by atoms with Crippen LogP contribution in [-0.2, 0) is 6.54 Å². The number of thiophene rings is 1. The van der Waals surface area contributed by atoms with Gasteiger partial charge in [0.05, 0.1) is 33.0 Å². The summed E-state index contributed by atoms with van der Waals surface area (Å²) in [5.41, 5.74) is 1.61. The van der Waals surface area contributed by atoms with Crippen LogP contribution in [-0.4, -0.2) is 20.6 Å². The molecule has 27 heavy (non-hydrogen) atoms. The number of fused-ring (bicyclic) bond motifs is 1. The van der Waals surface area contributed by atoms with Gasteiger partial charge in [0.2, 0.25) is 5.88 Å². The molecule has 0 saturated heterocycles. The standard InChI is InChI=1S/C19H13ClIN3O2S/c20-17-5-4-16(27-17)18(25)23-15-8-22-7-13-14(15)10-24(19(13)26)9-11-2-1-3-12(21)6-11/h1-8,10,26H,9H2,(H,23,25). The van der Waals surface area contributed by atoms with Crippen molar-refractivity contribution in [3.8, 4) is 5.88 Å². The first-order valence-electron chi connectivity index (χ1n) is 7.98. The first kappa shape index (κ1) is 18.3. The molecule has 8 heteroatoms. The van der Waals surface area contributed by atoms with Crippen molar-refractivity contribution in [2.45, 2.75) is 6.54 Å². The fourth-order valence-electron chi connectivity index (χ4n) is 2.83. The fourth-order valence-corrected chi connectivity index (χ4v) is 4.38. The number of aromatic hydroxyl groups is 1. The van der Waals surface area contributed by atoms with Crippen LogP contribution in [0.4, 0.5) is 5.69 Å². The van der Waals surface area contributed by atoms with E-state index in [9.17, 15) is 9.90 Å². The van der Waals surface area contributed by atoms with Crippen molar-refractivity contribution < 1.29 is 9.90 Å². The molecule has 3 heterocycles. The number of carbonyl (C=O) groups excluding carboxylic acids is 1. The SMILES string of the molecule is O=C(Nc1cncc2c(O)n(Cc3cccc(I)c3)cc12)c1ccc(Cl)s1. The number of nitrogens with one attached hydrogen (secondary N) is 1. The van der Waals surface area contributed by atoms with Crippen molar-refractivity contribution in [3.63, 3.8) is 0 Å². The number of anilines is 1. The molecule has 1 aromatic carbocycles. The van der Waals surface area contributed by atoms with Crippen LogP contribution in [0, 0.1) is 3.57 Å². The van der Waals surface area contributed by atoms with Crippen LogP contribution in [0.2, 0.25) is 4.34 Å². The minimum absolute atomic E-state index is 0.117. The summed E-state index contributed by atoms with van der Waals surface area (Å²) >= 11 is 9.37. The Hall–Kier alpha value is -2.10. The lowest BCUT2D eigenvalue weighted by Gasteiger charge is -2.05. The maximum Gasteiger partial charge on any atom is 0.265 e. The van der Waals surface area contributed by atoms with E-state index in [4.69, 9.17) is 11.6 Å². The highest BCUT2D eigenvalue weighted by atomic mass is 127. The van der Waals surface area contributed by atoms with Crippen molar-refractivity contribution in [1.82, 2.24) is 9.55 Å². The number of carbonyl (C=O) groups is 1. The van der Waals surface area contributed by atoms with Gasteiger partial charge in [0.1, 0.15) is 0 Å². The first-order valence-corrected chi connectivity index (χ1v) is 10.3. The summed E-state index contributed by atoms with van der Waals surface area (Å²) in [4.78, 5) is 17.1. The average Bonchev–Trinajstić information content (AvgIpc) is 3.20. The number of pyridine rings is 1. The van der Waals surface area contributed by atoms with Crippen molar-refractivity contribution in [2.24, 2.45) is 0 Å². The van der Waals surface area contributed by atoms with Gasteiger partial charge in [0.15, 0.2) is 0 Å². The summed E-state index contributed by atoms with van der Waals surface area (Å²) in [5, 5.41) is 14.8. The van der Waals surface area contributed by atoms with Crippen LogP contribution in [0.15, 0.2) is 55.0 Å². The van der Waals surface area contributed by atoms with Crippen LogP contribution in [0.5, 0.6) is 5.88 Å². The van der Waals surface area contributed by atoms with E-state index in [1.165, 1.54) is 11.3 Å². The van der Waals surface area contributed by atoms with Crippen molar-refractivity contribution >= 4 is 67.9 Å². The molecule has 0 aliphatic carbocycles. The Kier molecular flexibility index (Phi) is 5.07. The summed E-state index contributed by atoms with van der Waals surface area (Å²) < 4.78 is 3.43. The van der Waals surface area contributed by atoms with Gasteiger partial charge in [-0.25, -0.2) is 0 Å². The van der Waals surface area contributed by atoms with Gasteiger partial charge in [-0.15, -0.1) is 11.3 Å². The summed E-state index contributed by atoms with van der Waals surface area (Å²) in [6.07, 6.45) is 4.99. The molecular formula is C19H13ClIN3O2S. The number of aromatic nitrogens is 2. The zero-order chi connectivity index (χ0) is 19.0. The zero-order valence-electron chi connectivity index (χ0n) is 13.8. The van der Waals surface area contributed by atoms with Crippen molar-refractivity contribution in [1.29, 1.82) is 0 Å². The highest BCUT2D eigenvalue weighted by Gasteiger charge is 2.15. The molecule has 5 nitrogen and oxygen atoms in total. The van der Waals surface area contributed by atoms with E-state index in [-0.39, 0.29) is 11.8 Å². The quantitative estimate of drug-likeness (QED) is 0.364. The van der Waals surface area contributed by atoms with E-state index < -0.39 is 0 Å². The Bertz CT molecular complexity index is 1160. The smallest absolute Gasteiger partial charge is 0.265 e. The molecule has 0 radical (unpaired) electrons. The number of hydrogen-bond acceptors (Lipinski definition) is 4. The van der Waals surface area contributed by atoms with Gasteiger partial charge in [-0.2, -0.15) is 0 Å². The van der Waals surface area contributed by atoms with Crippen LogP contribution < -0.4 is 5.32 Å². The lowest BCUT2D eigenvalue weighted by molar-refractivity contribution is 0.103. The van der Waals surface area contributed by atoms with Crippen LogP contribution >= 0.6 is 45.5 Å². The summed E-state index contributed by atoms with van der Waals surface area (Å²) in [5.74, 6) is -0.141. The Morgan fingerprint density at radius 3 is 2.85 bits per heavy atom. The Morgan fingerprint density at radius 2 is 2.11 bits per heavy atom. The molecule has 136 valence electrons. The molecular weight excluding hydrogens is 497 g/mol. The highest BCUT2D eigenvalue weighted by molar-refractivity contribution is 14.1. The molecule has 2 N–H and O–H groups in total. The van der Waals surface area contributed by atoms with E-state index in [1.807, 2.05) is 24.4 Å². The number of nitrogens with zero attached hydrogens (tertiary/aromatic N) is 2. The summed E-state index contributed by atoms with van der Waals surface area (Å²) in [6.45, 7) is 0.519. The molecule has 0 bridgehead atoms. The zero-order valence-corrected chi connectivity index (χ0v) is 17.5. The van der Waals surface area contributed by atoms with Gasteiger partial charge >= 0.3 is 0 Å². The highest BCUT2D eigenvalue weighted by Crippen LogP contribution is 2.32. The molecule has 0 fully saturated rings. The Morgan fingerprint density at radius 1 is 1.26 bits per heavy atom. The van der Waals surface area contributed by atoms with Gasteiger partial charge in [0.25, 0.3) is 5.91 Å². The number of benzene rings is 1. The maximum atomic E-state index is 12.4. The summed E-state index contributed by atoms with van der Waals surface area (Å²) in [7, 11) is 0. The lowest BCUT2D eigenvalue weighted by Crippen LogP contribution is -2.10. The molecule has 0 aliphatic heterocycles.